The van der Waals surface area contributed by atoms with Crippen molar-refractivity contribution >= 4 is 22.6 Å². The molecule has 0 bridgehead atoms. The Morgan fingerprint density at radius 1 is 1.14 bits per heavy atom. The zero-order valence-corrected chi connectivity index (χ0v) is 11.9. The highest BCUT2D eigenvalue weighted by Crippen LogP contribution is 2.18. The number of nitrogens with one attached hydrogen (secondary N) is 1. The van der Waals surface area contributed by atoms with Gasteiger partial charge in [-0.2, -0.15) is 0 Å². The number of fused-ring (bicyclic) bond motifs is 1. The van der Waals surface area contributed by atoms with Crippen LogP contribution in [0.2, 0.25) is 0 Å². The summed E-state index contributed by atoms with van der Waals surface area (Å²) < 4.78 is 5.00. The monoisotopic (exact) mass is 287 g/mol. The molecule has 2 aromatic carbocycles. The number of carboxylic acids is 1. The van der Waals surface area contributed by atoms with Crippen LogP contribution in [-0.4, -0.2) is 36.2 Å². The molecule has 2 N–H and O–H groups in total. The Morgan fingerprint density at radius 2 is 1.81 bits per heavy atom. The number of methoxy groups -OCH3 is 1. The van der Waals surface area contributed by atoms with Gasteiger partial charge in [0.05, 0.1) is 6.10 Å². The van der Waals surface area contributed by atoms with Crippen LogP contribution in [0.1, 0.15) is 17.3 Å². The van der Waals surface area contributed by atoms with Gasteiger partial charge in [-0.3, -0.25) is 4.79 Å². The molecule has 1 amide bonds. The summed E-state index contributed by atoms with van der Waals surface area (Å²) >= 11 is 0. The Morgan fingerprint density at radius 3 is 2.48 bits per heavy atom. The molecule has 5 heteroatoms. The maximum absolute atomic E-state index is 12.4. The zero-order valence-electron chi connectivity index (χ0n) is 11.9. The Balaban J connectivity index is 2.32. The second kappa shape index (κ2) is 6.37. The molecule has 0 radical (unpaired) electrons. The quantitative estimate of drug-likeness (QED) is 0.882. The van der Waals surface area contributed by atoms with E-state index in [9.17, 15) is 14.7 Å². The zero-order chi connectivity index (χ0) is 15.4. The average molecular weight is 287 g/mol. The molecular formula is C16H17NO4. The van der Waals surface area contributed by atoms with E-state index in [2.05, 4.69) is 5.32 Å². The topological polar surface area (TPSA) is 75.6 Å². The number of rotatable bonds is 5. The Hall–Kier alpha value is -2.40. The Kier molecular flexibility index (Phi) is 4.55. The standard InChI is InChI=1S/C16H17NO4/c1-10(21-2)14(16(19)20)17-15(18)13-9-5-7-11-6-3-4-8-12(11)13/h3-10,14H,1-2H3,(H,17,18)(H,19,20)/t10-,14+/m1/s1. The van der Waals surface area contributed by atoms with Gasteiger partial charge in [0.2, 0.25) is 0 Å². The fraction of sp³-hybridized carbons (Fsp3) is 0.250. The molecule has 2 aromatic rings. The highest BCUT2D eigenvalue weighted by Gasteiger charge is 2.27. The molecule has 0 aliphatic carbocycles. The predicted molar refractivity (Wildman–Crippen MR) is 79.3 cm³/mol. The van der Waals surface area contributed by atoms with Crippen LogP contribution in [0.15, 0.2) is 42.5 Å². The summed E-state index contributed by atoms with van der Waals surface area (Å²) in [5, 5.41) is 13.4. The van der Waals surface area contributed by atoms with E-state index in [1.54, 1.807) is 19.1 Å². The molecule has 110 valence electrons. The van der Waals surface area contributed by atoms with Gasteiger partial charge in [0.1, 0.15) is 0 Å². The van der Waals surface area contributed by atoms with Crippen molar-refractivity contribution in [1.29, 1.82) is 0 Å². The number of amides is 1. The van der Waals surface area contributed by atoms with E-state index in [1.807, 2.05) is 30.3 Å². The third-order valence-electron chi connectivity index (χ3n) is 3.43. The lowest BCUT2D eigenvalue weighted by Gasteiger charge is -2.20. The Bertz CT molecular complexity index is 663. The first-order valence-corrected chi connectivity index (χ1v) is 6.59. The highest BCUT2D eigenvalue weighted by atomic mass is 16.5. The SMILES string of the molecule is CO[C@H](C)[C@H](NC(=O)c1cccc2ccccc12)C(=O)O. The van der Waals surface area contributed by atoms with Gasteiger partial charge < -0.3 is 15.2 Å². The molecule has 0 aliphatic rings. The second-order valence-electron chi connectivity index (χ2n) is 4.76. The predicted octanol–water partition coefficient (Wildman–Crippen LogP) is 2.06. The highest BCUT2D eigenvalue weighted by molar-refractivity contribution is 6.07. The van der Waals surface area contributed by atoms with E-state index in [-0.39, 0.29) is 0 Å². The number of hydrogen-bond donors (Lipinski definition) is 2. The van der Waals surface area contributed by atoms with Crippen LogP contribution in [0.4, 0.5) is 0 Å². The van der Waals surface area contributed by atoms with E-state index in [0.717, 1.165) is 10.8 Å². The van der Waals surface area contributed by atoms with Crippen LogP contribution in [0.3, 0.4) is 0 Å². The van der Waals surface area contributed by atoms with Gasteiger partial charge in [-0.15, -0.1) is 0 Å². The van der Waals surface area contributed by atoms with E-state index < -0.39 is 24.0 Å². The number of carbonyl (C=O) groups is 2. The third kappa shape index (κ3) is 3.20. The molecule has 0 unspecified atom stereocenters. The molecule has 0 saturated heterocycles. The average Bonchev–Trinajstić information content (AvgIpc) is 2.50. The van der Waals surface area contributed by atoms with Crippen molar-refractivity contribution in [3.63, 3.8) is 0 Å². The van der Waals surface area contributed by atoms with Crippen LogP contribution in [0.25, 0.3) is 10.8 Å². The van der Waals surface area contributed by atoms with Crippen molar-refractivity contribution < 1.29 is 19.4 Å². The molecule has 5 nitrogen and oxygen atoms in total. The van der Waals surface area contributed by atoms with Crippen LogP contribution < -0.4 is 5.32 Å². The molecule has 0 spiro atoms. The lowest BCUT2D eigenvalue weighted by molar-refractivity contribution is -0.142. The van der Waals surface area contributed by atoms with Gasteiger partial charge in [-0.05, 0) is 23.8 Å². The van der Waals surface area contributed by atoms with Crippen molar-refractivity contribution in [2.75, 3.05) is 7.11 Å². The van der Waals surface area contributed by atoms with E-state index in [0.29, 0.717) is 5.56 Å². The van der Waals surface area contributed by atoms with Crippen LogP contribution in [0, 0.1) is 0 Å². The molecular weight excluding hydrogens is 270 g/mol. The molecule has 0 saturated carbocycles. The fourth-order valence-electron chi connectivity index (χ4n) is 2.16. The van der Waals surface area contributed by atoms with Gasteiger partial charge in [0.15, 0.2) is 6.04 Å². The van der Waals surface area contributed by atoms with Crippen molar-refractivity contribution in [2.24, 2.45) is 0 Å². The summed E-state index contributed by atoms with van der Waals surface area (Å²) in [5.41, 5.74) is 0.447. The number of benzene rings is 2. The van der Waals surface area contributed by atoms with Gasteiger partial charge in [-0.1, -0.05) is 36.4 Å². The summed E-state index contributed by atoms with van der Waals surface area (Å²) in [6, 6.07) is 11.7. The maximum Gasteiger partial charge on any atom is 0.328 e. The third-order valence-corrected chi connectivity index (χ3v) is 3.43. The number of ether oxygens (including phenoxy) is 1. The summed E-state index contributed by atoms with van der Waals surface area (Å²) in [6.45, 7) is 1.60. The molecule has 0 aromatic heterocycles. The largest absolute Gasteiger partial charge is 0.480 e. The molecule has 2 rings (SSSR count). The number of aliphatic carboxylic acids is 1. The van der Waals surface area contributed by atoms with Crippen molar-refractivity contribution in [2.45, 2.75) is 19.1 Å². The maximum atomic E-state index is 12.4. The van der Waals surface area contributed by atoms with E-state index in [4.69, 9.17) is 4.74 Å². The van der Waals surface area contributed by atoms with E-state index >= 15 is 0 Å². The summed E-state index contributed by atoms with van der Waals surface area (Å²) in [4.78, 5) is 23.6. The van der Waals surface area contributed by atoms with Gasteiger partial charge in [0.25, 0.3) is 5.91 Å². The minimum Gasteiger partial charge on any atom is -0.480 e. The molecule has 21 heavy (non-hydrogen) atoms. The normalized spacial score (nSPS) is 13.6. The number of carboxylic acid groups (broad SMARTS) is 1. The fourth-order valence-corrected chi connectivity index (χ4v) is 2.16. The minimum absolute atomic E-state index is 0.428. The molecule has 0 fully saturated rings. The van der Waals surface area contributed by atoms with Crippen LogP contribution >= 0.6 is 0 Å². The number of carbonyl (C=O) groups excluding carboxylic acids is 1. The van der Waals surface area contributed by atoms with Crippen molar-refractivity contribution in [3.8, 4) is 0 Å². The van der Waals surface area contributed by atoms with Gasteiger partial charge in [0, 0.05) is 12.7 Å². The lowest BCUT2D eigenvalue weighted by Crippen LogP contribution is -2.48. The molecule has 2 atom stereocenters. The summed E-state index contributed by atoms with van der Waals surface area (Å²) in [7, 11) is 1.41. The lowest BCUT2D eigenvalue weighted by atomic mass is 10.0. The van der Waals surface area contributed by atoms with E-state index in [1.165, 1.54) is 7.11 Å². The Labute approximate surface area is 122 Å². The smallest absolute Gasteiger partial charge is 0.328 e. The first-order valence-electron chi connectivity index (χ1n) is 6.59. The summed E-state index contributed by atoms with van der Waals surface area (Å²) in [6.07, 6.45) is -0.624. The van der Waals surface area contributed by atoms with Crippen LogP contribution in [-0.2, 0) is 9.53 Å². The van der Waals surface area contributed by atoms with Gasteiger partial charge >= 0.3 is 5.97 Å². The minimum atomic E-state index is -1.13. The molecule has 0 heterocycles. The van der Waals surface area contributed by atoms with Gasteiger partial charge in [-0.25, -0.2) is 4.79 Å². The summed E-state index contributed by atoms with van der Waals surface area (Å²) in [5.74, 6) is -1.55. The first-order chi connectivity index (χ1) is 10.0. The second-order valence-corrected chi connectivity index (χ2v) is 4.76. The first kappa shape index (κ1) is 15.0. The number of hydrogen-bond acceptors (Lipinski definition) is 3. The van der Waals surface area contributed by atoms with Crippen molar-refractivity contribution in [3.05, 3.63) is 48.0 Å². The van der Waals surface area contributed by atoms with Crippen molar-refractivity contribution in [1.82, 2.24) is 5.32 Å². The van der Waals surface area contributed by atoms with Crippen LogP contribution in [0.5, 0.6) is 0 Å². The molecule has 0 aliphatic heterocycles.